The third kappa shape index (κ3) is 1.40. The molecule has 0 aromatic heterocycles. The summed E-state index contributed by atoms with van der Waals surface area (Å²) in [6.45, 7) is 10.7. The number of hydrogen-bond acceptors (Lipinski definition) is 0. The summed E-state index contributed by atoms with van der Waals surface area (Å²) in [6, 6.07) is 0. The van der Waals surface area contributed by atoms with Crippen molar-refractivity contribution in [2.75, 3.05) is 0 Å². The molecule has 0 bridgehead atoms. The third-order valence-corrected chi connectivity index (χ3v) is 2.93. The predicted octanol–water partition coefficient (Wildman–Crippen LogP) is 3.70. The maximum atomic E-state index is 7.94. The largest absolute Gasteiger partial charge is 0.0696 e. The fourth-order valence-electron chi connectivity index (χ4n) is 1.56. The van der Waals surface area contributed by atoms with Crippen LogP contribution in [0.25, 0.3) is 0 Å². The smallest absolute Gasteiger partial charge is 0.0319 e. The standard InChI is InChI=1S/C11H18/c1-7-6-8(2)10(4)11(5)9(7)3/h7H,6H2,1-5H3/i6T. The van der Waals surface area contributed by atoms with Crippen molar-refractivity contribution >= 4 is 0 Å². The highest BCUT2D eigenvalue weighted by Gasteiger charge is 2.15. The summed E-state index contributed by atoms with van der Waals surface area (Å²) in [7, 11) is 0. The normalized spacial score (nSPS) is 34.5. The lowest BCUT2D eigenvalue weighted by atomic mass is 9.82. The van der Waals surface area contributed by atoms with Gasteiger partial charge in [-0.15, -0.1) is 0 Å². The van der Waals surface area contributed by atoms with E-state index in [1.165, 1.54) is 22.3 Å². The van der Waals surface area contributed by atoms with Crippen LogP contribution in [0.3, 0.4) is 0 Å². The Bertz CT molecular complexity index is 230. The molecule has 1 rings (SSSR count). The van der Waals surface area contributed by atoms with Gasteiger partial charge in [0.2, 0.25) is 0 Å². The maximum absolute atomic E-state index is 7.94. The Kier molecular flexibility index (Phi) is 1.85. The van der Waals surface area contributed by atoms with Crippen LogP contribution in [0.2, 0.25) is 0 Å². The molecule has 1 aliphatic rings. The van der Waals surface area contributed by atoms with Crippen LogP contribution in [0, 0.1) is 5.92 Å². The lowest BCUT2D eigenvalue weighted by molar-refractivity contribution is 0.645. The van der Waals surface area contributed by atoms with Crippen molar-refractivity contribution in [1.82, 2.24) is 0 Å². The molecule has 0 aliphatic heterocycles. The van der Waals surface area contributed by atoms with Crippen molar-refractivity contribution in [1.29, 1.82) is 0 Å². The van der Waals surface area contributed by atoms with Gasteiger partial charge in [-0.1, -0.05) is 18.1 Å². The van der Waals surface area contributed by atoms with Crippen LogP contribution in [-0.2, 0) is 0 Å². The molecule has 11 heavy (non-hydrogen) atoms. The molecule has 0 amide bonds. The first kappa shape index (κ1) is 7.15. The van der Waals surface area contributed by atoms with Gasteiger partial charge in [-0.3, -0.25) is 0 Å². The highest BCUT2D eigenvalue weighted by atomic mass is 14.2. The SMILES string of the molecule is [3H]C1C(C)=C(C)C(C)=C(C)C1C. The molecule has 0 heteroatoms. The molecule has 1 aliphatic carbocycles. The maximum Gasteiger partial charge on any atom is 0.0319 e. The minimum Gasteiger partial charge on any atom is -0.0696 e. The highest BCUT2D eigenvalue weighted by molar-refractivity contribution is 5.39. The fraction of sp³-hybridized carbons (Fsp3) is 0.636. The van der Waals surface area contributed by atoms with E-state index >= 15 is 0 Å². The summed E-state index contributed by atoms with van der Waals surface area (Å²) in [4.78, 5) is 0. The molecular weight excluding hydrogens is 132 g/mol. The molecule has 0 fully saturated rings. The minimum atomic E-state index is -0.0197. The van der Waals surface area contributed by atoms with Gasteiger partial charge < -0.3 is 0 Å². The lowest BCUT2D eigenvalue weighted by Crippen LogP contribution is -2.07. The van der Waals surface area contributed by atoms with Crippen molar-refractivity contribution in [3.8, 4) is 0 Å². The van der Waals surface area contributed by atoms with Gasteiger partial charge in [0.05, 0.1) is 0 Å². The Morgan fingerprint density at radius 3 is 2.27 bits per heavy atom. The van der Waals surface area contributed by atoms with E-state index in [0.29, 0.717) is 5.92 Å². The second-order valence-electron chi connectivity index (χ2n) is 3.57. The molecule has 0 N–H and O–H groups in total. The minimum absolute atomic E-state index is 0.0197. The predicted molar refractivity (Wildman–Crippen MR) is 50.5 cm³/mol. The zero-order valence-electron chi connectivity index (χ0n) is 9.15. The monoisotopic (exact) mass is 152 g/mol. The summed E-state index contributed by atoms with van der Waals surface area (Å²) in [6.07, 6.45) is -0.0197. The third-order valence-electron chi connectivity index (χ3n) is 2.93. The first-order valence-electron chi connectivity index (χ1n) is 4.82. The summed E-state index contributed by atoms with van der Waals surface area (Å²) >= 11 is 0. The van der Waals surface area contributed by atoms with Gasteiger partial charge in [-0.25, -0.2) is 0 Å². The Morgan fingerprint density at radius 1 is 1.18 bits per heavy atom. The van der Waals surface area contributed by atoms with E-state index in [9.17, 15) is 0 Å². The van der Waals surface area contributed by atoms with Crippen LogP contribution >= 0.6 is 0 Å². The number of rotatable bonds is 0. The molecule has 0 saturated carbocycles. The zero-order valence-corrected chi connectivity index (χ0v) is 8.15. The van der Waals surface area contributed by atoms with Crippen molar-refractivity contribution < 1.29 is 1.37 Å². The van der Waals surface area contributed by atoms with E-state index in [1.807, 2.05) is 0 Å². The van der Waals surface area contributed by atoms with E-state index < -0.39 is 0 Å². The van der Waals surface area contributed by atoms with E-state index in [2.05, 4.69) is 34.6 Å². The fourth-order valence-corrected chi connectivity index (χ4v) is 1.56. The molecule has 2 unspecified atom stereocenters. The second-order valence-corrected chi connectivity index (χ2v) is 3.57. The summed E-state index contributed by atoms with van der Waals surface area (Å²) in [5.74, 6) is 0.397. The van der Waals surface area contributed by atoms with Gasteiger partial charge in [0.25, 0.3) is 0 Å². The van der Waals surface area contributed by atoms with Crippen LogP contribution in [-0.4, -0.2) is 0 Å². The Hall–Kier alpha value is -0.520. The molecule has 0 saturated heterocycles. The molecule has 0 aromatic rings. The van der Waals surface area contributed by atoms with Gasteiger partial charge >= 0.3 is 0 Å². The average Bonchev–Trinajstić information content (AvgIpc) is 2.08. The van der Waals surface area contributed by atoms with Crippen LogP contribution < -0.4 is 0 Å². The zero-order chi connectivity index (χ0) is 9.46. The van der Waals surface area contributed by atoms with Crippen molar-refractivity contribution in [3.05, 3.63) is 22.3 Å². The van der Waals surface area contributed by atoms with E-state index in [0.717, 1.165) is 0 Å². The molecule has 2 atom stereocenters. The molecule has 0 aromatic carbocycles. The average molecular weight is 152 g/mol. The summed E-state index contributed by atoms with van der Waals surface area (Å²) < 4.78 is 7.94. The van der Waals surface area contributed by atoms with E-state index in [4.69, 9.17) is 1.37 Å². The Labute approximate surface area is 71.4 Å². The summed E-state index contributed by atoms with van der Waals surface area (Å²) in [5, 5.41) is 0. The van der Waals surface area contributed by atoms with Crippen LogP contribution in [0.4, 0.5) is 0 Å². The van der Waals surface area contributed by atoms with Crippen LogP contribution in [0.5, 0.6) is 0 Å². The molecule has 0 spiro atoms. The van der Waals surface area contributed by atoms with Gasteiger partial charge in [-0.2, -0.15) is 0 Å². The van der Waals surface area contributed by atoms with Gasteiger partial charge in [-0.05, 0) is 51.2 Å². The molecular formula is C11H18. The highest BCUT2D eigenvalue weighted by Crippen LogP contribution is 2.33. The topological polar surface area (TPSA) is 0 Å². The molecule has 0 nitrogen and oxygen atoms in total. The lowest BCUT2D eigenvalue weighted by Gasteiger charge is -2.24. The van der Waals surface area contributed by atoms with Crippen LogP contribution in [0.1, 0.15) is 42.4 Å². The van der Waals surface area contributed by atoms with Gasteiger partial charge in [0, 0.05) is 1.37 Å². The van der Waals surface area contributed by atoms with E-state index in [-0.39, 0.29) is 6.40 Å². The first-order valence-corrected chi connectivity index (χ1v) is 4.24. The van der Waals surface area contributed by atoms with E-state index in [1.54, 1.807) is 0 Å². The van der Waals surface area contributed by atoms with Crippen molar-refractivity contribution in [2.24, 2.45) is 5.92 Å². The van der Waals surface area contributed by atoms with Gasteiger partial charge in [0.15, 0.2) is 0 Å². The Morgan fingerprint density at radius 2 is 1.73 bits per heavy atom. The van der Waals surface area contributed by atoms with Crippen molar-refractivity contribution in [2.45, 2.75) is 41.0 Å². The number of allylic oxidation sites excluding steroid dienone is 4. The molecule has 0 heterocycles. The Balaban J connectivity index is 3.18. The van der Waals surface area contributed by atoms with Crippen molar-refractivity contribution in [3.63, 3.8) is 0 Å². The molecule has 0 radical (unpaired) electrons. The quantitative estimate of drug-likeness (QED) is 0.496. The number of hydrogen-bond donors (Lipinski definition) is 0. The molecule has 62 valence electrons. The van der Waals surface area contributed by atoms with Crippen LogP contribution in [0.15, 0.2) is 22.3 Å². The van der Waals surface area contributed by atoms with Gasteiger partial charge in [0.1, 0.15) is 0 Å². The second kappa shape index (κ2) is 2.84. The first-order chi connectivity index (χ1) is 5.46. The summed E-state index contributed by atoms with van der Waals surface area (Å²) in [5.41, 5.74) is 5.35.